The molecule has 2 unspecified atom stereocenters. The van der Waals surface area contributed by atoms with E-state index in [1.165, 1.54) is 0 Å². The fraction of sp³-hybridized carbons (Fsp3) is 0.333. The molecule has 0 spiro atoms. The molecular formula is C30H34Cl2N2O2. The standard InChI is InChI=1S/C30H34Cl2N2O2/c1-5-22(4)33-30(36)28(17-23-9-7-6-8-10-23)34(19-24-13-14-26(31)27(32)16-24)29(35)18-25-15-20(2)11-12-21(25)3/h6-16,22,28H,5,17-19H2,1-4H3,(H,33,36). The van der Waals surface area contributed by atoms with Gasteiger partial charge in [-0.15, -0.1) is 0 Å². The van der Waals surface area contributed by atoms with Crippen LogP contribution >= 0.6 is 23.2 Å². The summed E-state index contributed by atoms with van der Waals surface area (Å²) in [5.74, 6) is -0.280. The van der Waals surface area contributed by atoms with Crippen LogP contribution in [0.3, 0.4) is 0 Å². The van der Waals surface area contributed by atoms with Crippen molar-refractivity contribution in [3.63, 3.8) is 0 Å². The monoisotopic (exact) mass is 524 g/mol. The number of carbonyl (C=O) groups is 2. The second-order valence-electron chi connectivity index (χ2n) is 9.40. The molecule has 36 heavy (non-hydrogen) atoms. The van der Waals surface area contributed by atoms with E-state index in [4.69, 9.17) is 23.2 Å². The van der Waals surface area contributed by atoms with Crippen molar-refractivity contribution in [2.75, 3.05) is 0 Å². The van der Waals surface area contributed by atoms with Crippen LogP contribution in [0.2, 0.25) is 10.0 Å². The molecule has 0 saturated heterocycles. The Morgan fingerprint density at radius 1 is 0.917 bits per heavy atom. The summed E-state index contributed by atoms with van der Waals surface area (Å²) in [7, 11) is 0. The Bertz CT molecular complexity index is 1200. The Morgan fingerprint density at radius 3 is 2.31 bits per heavy atom. The lowest BCUT2D eigenvalue weighted by Crippen LogP contribution is -2.52. The Morgan fingerprint density at radius 2 is 1.64 bits per heavy atom. The normalized spacial score (nSPS) is 12.6. The number of benzene rings is 3. The van der Waals surface area contributed by atoms with Crippen molar-refractivity contribution in [1.29, 1.82) is 0 Å². The fourth-order valence-corrected chi connectivity index (χ4v) is 4.41. The van der Waals surface area contributed by atoms with Crippen molar-refractivity contribution < 1.29 is 9.59 Å². The number of nitrogens with zero attached hydrogens (tertiary/aromatic N) is 1. The molecule has 0 aliphatic rings. The third-order valence-electron chi connectivity index (χ3n) is 6.46. The maximum atomic E-state index is 13.9. The highest BCUT2D eigenvalue weighted by molar-refractivity contribution is 6.42. The van der Waals surface area contributed by atoms with Gasteiger partial charge in [0.15, 0.2) is 0 Å². The minimum atomic E-state index is -0.687. The van der Waals surface area contributed by atoms with Crippen LogP contribution < -0.4 is 5.32 Å². The number of amides is 2. The highest BCUT2D eigenvalue weighted by Gasteiger charge is 2.31. The number of carbonyl (C=O) groups excluding carboxylic acids is 2. The Labute approximate surface area is 224 Å². The molecule has 3 rings (SSSR count). The topological polar surface area (TPSA) is 49.4 Å². The predicted molar refractivity (Wildman–Crippen MR) is 148 cm³/mol. The average molecular weight is 526 g/mol. The predicted octanol–water partition coefficient (Wildman–Crippen LogP) is 6.71. The fourth-order valence-electron chi connectivity index (χ4n) is 4.08. The van der Waals surface area contributed by atoms with Gasteiger partial charge in [0.2, 0.25) is 11.8 Å². The van der Waals surface area contributed by atoms with Gasteiger partial charge in [0.25, 0.3) is 0 Å². The van der Waals surface area contributed by atoms with E-state index in [2.05, 4.69) is 5.32 Å². The summed E-state index contributed by atoms with van der Waals surface area (Å²) in [6.45, 7) is 8.25. The van der Waals surface area contributed by atoms with Crippen LogP contribution in [0.15, 0.2) is 66.7 Å². The summed E-state index contributed by atoms with van der Waals surface area (Å²) >= 11 is 12.4. The molecule has 0 aromatic heterocycles. The smallest absolute Gasteiger partial charge is 0.243 e. The van der Waals surface area contributed by atoms with Gasteiger partial charge in [-0.2, -0.15) is 0 Å². The van der Waals surface area contributed by atoms with E-state index in [1.807, 2.05) is 82.3 Å². The lowest BCUT2D eigenvalue weighted by Gasteiger charge is -2.32. The SMILES string of the molecule is CCC(C)NC(=O)C(Cc1ccccc1)N(Cc1ccc(Cl)c(Cl)c1)C(=O)Cc1cc(C)ccc1C. The molecule has 1 N–H and O–H groups in total. The summed E-state index contributed by atoms with van der Waals surface area (Å²) < 4.78 is 0. The zero-order valence-corrected chi connectivity index (χ0v) is 22.9. The second kappa shape index (κ2) is 12.9. The minimum Gasteiger partial charge on any atom is -0.352 e. The number of rotatable bonds is 10. The second-order valence-corrected chi connectivity index (χ2v) is 10.2. The van der Waals surface area contributed by atoms with Crippen LogP contribution in [0, 0.1) is 13.8 Å². The number of nitrogens with one attached hydrogen (secondary N) is 1. The first-order chi connectivity index (χ1) is 17.2. The molecule has 4 nitrogen and oxygen atoms in total. The molecular weight excluding hydrogens is 491 g/mol. The molecule has 0 radical (unpaired) electrons. The van der Waals surface area contributed by atoms with Crippen LogP contribution in [0.5, 0.6) is 0 Å². The maximum absolute atomic E-state index is 13.9. The van der Waals surface area contributed by atoms with Crippen molar-refractivity contribution in [3.05, 3.63) is 105 Å². The molecule has 2 amide bonds. The highest BCUT2D eigenvalue weighted by atomic mass is 35.5. The van der Waals surface area contributed by atoms with E-state index in [-0.39, 0.29) is 30.8 Å². The van der Waals surface area contributed by atoms with Gasteiger partial charge >= 0.3 is 0 Å². The molecule has 0 fully saturated rings. The van der Waals surface area contributed by atoms with Crippen LogP contribution in [0.1, 0.15) is 48.1 Å². The zero-order valence-electron chi connectivity index (χ0n) is 21.4. The quantitative estimate of drug-likeness (QED) is 0.320. The largest absolute Gasteiger partial charge is 0.352 e. The molecule has 190 valence electrons. The molecule has 6 heteroatoms. The van der Waals surface area contributed by atoms with Crippen molar-refractivity contribution in [3.8, 4) is 0 Å². The van der Waals surface area contributed by atoms with Crippen molar-refractivity contribution in [1.82, 2.24) is 10.2 Å². The van der Waals surface area contributed by atoms with Gasteiger partial charge in [0, 0.05) is 19.0 Å². The lowest BCUT2D eigenvalue weighted by atomic mass is 9.99. The maximum Gasteiger partial charge on any atom is 0.243 e. The first-order valence-electron chi connectivity index (χ1n) is 12.3. The van der Waals surface area contributed by atoms with Crippen LogP contribution in [-0.2, 0) is 29.0 Å². The number of aryl methyl sites for hydroxylation is 2. The van der Waals surface area contributed by atoms with E-state index in [9.17, 15) is 9.59 Å². The molecule has 0 heterocycles. The van der Waals surface area contributed by atoms with Gasteiger partial charge in [-0.1, -0.05) is 90.3 Å². The summed E-state index contributed by atoms with van der Waals surface area (Å²) in [5, 5.41) is 3.96. The van der Waals surface area contributed by atoms with E-state index in [0.29, 0.717) is 16.5 Å². The van der Waals surface area contributed by atoms with Crippen molar-refractivity contribution in [2.24, 2.45) is 0 Å². The van der Waals surface area contributed by atoms with Gasteiger partial charge in [-0.05, 0) is 61.6 Å². The number of hydrogen-bond donors (Lipinski definition) is 1. The van der Waals surface area contributed by atoms with Crippen molar-refractivity contribution in [2.45, 2.75) is 65.6 Å². The van der Waals surface area contributed by atoms with Gasteiger partial charge in [-0.3, -0.25) is 9.59 Å². The van der Waals surface area contributed by atoms with E-state index < -0.39 is 6.04 Å². The molecule has 2 atom stereocenters. The third-order valence-corrected chi connectivity index (χ3v) is 7.19. The third kappa shape index (κ3) is 7.59. The molecule has 3 aromatic rings. The number of hydrogen-bond acceptors (Lipinski definition) is 2. The van der Waals surface area contributed by atoms with Crippen molar-refractivity contribution >= 4 is 35.0 Å². The zero-order chi connectivity index (χ0) is 26.2. The Hall–Kier alpha value is -2.82. The van der Waals surface area contributed by atoms with E-state index in [1.54, 1.807) is 17.0 Å². The minimum absolute atomic E-state index is 0.00304. The Kier molecular flexibility index (Phi) is 9.98. The molecule has 0 aliphatic heterocycles. The van der Waals surface area contributed by atoms with E-state index >= 15 is 0 Å². The summed E-state index contributed by atoms with van der Waals surface area (Å²) in [6.07, 6.45) is 1.41. The number of halogens is 2. The van der Waals surface area contributed by atoms with Crippen LogP contribution in [0.25, 0.3) is 0 Å². The lowest BCUT2D eigenvalue weighted by molar-refractivity contribution is -0.141. The Balaban J connectivity index is 2.02. The first-order valence-corrected chi connectivity index (χ1v) is 13.1. The van der Waals surface area contributed by atoms with Gasteiger partial charge < -0.3 is 10.2 Å². The van der Waals surface area contributed by atoms with Gasteiger partial charge in [-0.25, -0.2) is 0 Å². The summed E-state index contributed by atoms with van der Waals surface area (Å²) in [4.78, 5) is 29.2. The molecule has 0 bridgehead atoms. The van der Waals surface area contributed by atoms with Crippen LogP contribution in [-0.4, -0.2) is 28.8 Å². The molecule has 0 aliphatic carbocycles. The summed E-state index contributed by atoms with van der Waals surface area (Å²) in [5.41, 5.74) is 4.90. The summed E-state index contributed by atoms with van der Waals surface area (Å²) in [6, 6.07) is 20.5. The van der Waals surface area contributed by atoms with Crippen LogP contribution in [0.4, 0.5) is 0 Å². The molecule has 0 saturated carbocycles. The van der Waals surface area contributed by atoms with Gasteiger partial charge in [0.05, 0.1) is 16.5 Å². The average Bonchev–Trinajstić information content (AvgIpc) is 2.86. The molecule has 3 aromatic carbocycles. The van der Waals surface area contributed by atoms with Gasteiger partial charge in [0.1, 0.15) is 6.04 Å². The highest BCUT2D eigenvalue weighted by Crippen LogP contribution is 2.25. The first kappa shape index (κ1) is 27.8. The van der Waals surface area contributed by atoms with E-state index in [0.717, 1.165) is 34.2 Å².